The number of ketones is 1. The van der Waals surface area contributed by atoms with E-state index in [0.717, 1.165) is 5.56 Å². The molecule has 0 heterocycles. The third kappa shape index (κ3) is 4.20. The van der Waals surface area contributed by atoms with Gasteiger partial charge in [0.2, 0.25) is 5.91 Å². The second-order valence-electron chi connectivity index (χ2n) is 4.63. The molecule has 2 aromatic rings. The van der Waals surface area contributed by atoms with Crippen LogP contribution in [-0.2, 0) is 4.79 Å². The summed E-state index contributed by atoms with van der Waals surface area (Å²) in [6.45, 7) is 1.89. The van der Waals surface area contributed by atoms with Crippen LogP contribution in [0.2, 0.25) is 10.0 Å². The van der Waals surface area contributed by atoms with E-state index in [1.165, 1.54) is 18.2 Å². The van der Waals surface area contributed by atoms with E-state index in [9.17, 15) is 9.59 Å². The van der Waals surface area contributed by atoms with Crippen LogP contribution in [0.5, 0.6) is 0 Å². The second kappa shape index (κ2) is 7.25. The average molecular weight is 334 g/mol. The van der Waals surface area contributed by atoms with Gasteiger partial charge in [-0.1, -0.05) is 41.4 Å². The van der Waals surface area contributed by atoms with Crippen LogP contribution >= 0.6 is 23.2 Å². The van der Waals surface area contributed by atoms with E-state index in [1.807, 2.05) is 25.1 Å². The summed E-state index contributed by atoms with van der Waals surface area (Å²) in [5, 5.41) is 3.38. The average Bonchev–Trinajstić information content (AvgIpc) is 2.50. The number of benzene rings is 2. The number of allylic oxidation sites excluding steroid dienone is 1. The fourth-order valence-electron chi connectivity index (χ4n) is 1.78. The number of rotatable bonds is 4. The molecular formula is C17H13Cl2NO2. The van der Waals surface area contributed by atoms with E-state index in [-0.39, 0.29) is 11.7 Å². The number of halogens is 2. The largest absolute Gasteiger partial charge is 0.322 e. The Hall–Kier alpha value is -2.10. The molecule has 3 nitrogen and oxygen atoms in total. The molecule has 2 rings (SSSR count). The maximum atomic E-state index is 12.0. The predicted molar refractivity (Wildman–Crippen MR) is 89.7 cm³/mol. The molecule has 1 N–H and O–H groups in total. The summed E-state index contributed by atoms with van der Waals surface area (Å²) in [4.78, 5) is 23.8. The Bertz CT molecular complexity index is 754. The SMILES string of the molecule is Cc1ccccc1NC(=O)C=CC(=O)c1ccc(Cl)c(Cl)c1. The maximum Gasteiger partial charge on any atom is 0.248 e. The van der Waals surface area contributed by atoms with Gasteiger partial charge in [0.05, 0.1) is 10.0 Å². The Morgan fingerprint density at radius 1 is 1.00 bits per heavy atom. The topological polar surface area (TPSA) is 46.2 Å². The minimum Gasteiger partial charge on any atom is -0.322 e. The Labute approximate surface area is 138 Å². The molecule has 0 aromatic heterocycles. The highest BCUT2D eigenvalue weighted by Gasteiger charge is 2.06. The number of nitrogens with one attached hydrogen (secondary N) is 1. The van der Waals surface area contributed by atoms with Crippen LogP contribution in [0.15, 0.2) is 54.6 Å². The van der Waals surface area contributed by atoms with Crippen molar-refractivity contribution in [2.24, 2.45) is 0 Å². The lowest BCUT2D eigenvalue weighted by Gasteiger charge is -2.05. The number of carbonyl (C=O) groups excluding carboxylic acids is 2. The second-order valence-corrected chi connectivity index (χ2v) is 5.45. The first-order chi connectivity index (χ1) is 10.5. The van der Waals surface area contributed by atoms with Crippen LogP contribution in [0.1, 0.15) is 15.9 Å². The summed E-state index contributed by atoms with van der Waals surface area (Å²) < 4.78 is 0. The molecule has 0 aliphatic heterocycles. The third-order valence-corrected chi connectivity index (χ3v) is 3.73. The number of hydrogen-bond donors (Lipinski definition) is 1. The zero-order valence-corrected chi connectivity index (χ0v) is 13.3. The van der Waals surface area contributed by atoms with Crippen molar-refractivity contribution in [1.82, 2.24) is 0 Å². The standard InChI is InChI=1S/C17H13Cl2NO2/c1-11-4-2-3-5-15(11)20-17(22)9-8-16(21)12-6-7-13(18)14(19)10-12/h2-10H,1H3,(H,20,22). The number of amides is 1. The van der Waals surface area contributed by atoms with Crippen molar-refractivity contribution in [2.75, 3.05) is 5.32 Å². The summed E-state index contributed by atoms with van der Waals surface area (Å²) >= 11 is 11.7. The van der Waals surface area contributed by atoms with Crippen LogP contribution in [0.25, 0.3) is 0 Å². The lowest BCUT2D eigenvalue weighted by Crippen LogP contribution is -2.09. The molecule has 0 spiro atoms. The minimum absolute atomic E-state index is 0.297. The third-order valence-electron chi connectivity index (χ3n) is 2.99. The molecule has 22 heavy (non-hydrogen) atoms. The van der Waals surface area contributed by atoms with Gasteiger partial charge in [0.1, 0.15) is 0 Å². The molecule has 112 valence electrons. The van der Waals surface area contributed by atoms with Crippen molar-refractivity contribution >= 4 is 40.6 Å². The summed E-state index contributed by atoms with van der Waals surface area (Å²) in [6, 6.07) is 12.0. The monoisotopic (exact) mass is 333 g/mol. The maximum absolute atomic E-state index is 12.0. The van der Waals surface area contributed by atoms with E-state index >= 15 is 0 Å². The van der Waals surface area contributed by atoms with Gasteiger partial charge in [-0.3, -0.25) is 9.59 Å². The Morgan fingerprint density at radius 2 is 1.73 bits per heavy atom. The zero-order chi connectivity index (χ0) is 16.1. The molecule has 0 aliphatic carbocycles. The van der Waals surface area contributed by atoms with E-state index in [1.54, 1.807) is 18.2 Å². The molecule has 0 saturated carbocycles. The van der Waals surface area contributed by atoms with E-state index < -0.39 is 0 Å². The van der Waals surface area contributed by atoms with Crippen LogP contribution < -0.4 is 5.32 Å². The molecule has 0 bridgehead atoms. The van der Waals surface area contributed by atoms with Crippen LogP contribution in [0.4, 0.5) is 5.69 Å². The summed E-state index contributed by atoms with van der Waals surface area (Å²) in [5.74, 6) is -0.693. The smallest absolute Gasteiger partial charge is 0.248 e. The van der Waals surface area contributed by atoms with Gasteiger partial charge in [-0.25, -0.2) is 0 Å². The number of hydrogen-bond acceptors (Lipinski definition) is 2. The van der Waals surface area contributed by atoms with E-state index in [2.05, 4.69) is 5.32 Å². The fraction of sp³-hybridized carbons (Fsp3) is 0.0588. The summed E-state index contributed by atoms with van der Waals surface area (Å²) in [7, 11) is 0. The normalized spacial score (nSPS) is 10.7. The van der Waals surface area contributed by atoms with Crippen molar-refractivity contribution in [1.29, 1.82) is 0 Å². The van der Waals surface area contributed by atoms with Crippen LogP contribution in [0.3, 0.4) is 0 Å². The molecule has 0 saturated heterocycles. The molecule has 5 heteroatoms. The number of carbonyl (C=O) groups is 2. The van der Waals surface area contributed by atoms with Gasteiger partial charge in [-0.15, -0.1) is 0 Å². The highest BCUT2D eigenvalue weighted by Crippen LogP contribution is 2.22. The van der Waals surface area contributed by atoms with Gasteiger partial charge in [-0.05, 0) is 42.8 Å². The minimum atomic E-state index is -0.372. The van der Waals surface area contributed by atoms with Crippen LogP contribution in [-0.4, -0.2) is 11.7 Å². The molecule has 2 aromatic carbocycles. The highest BCUT2D eigenvalue weighted by atomic mass is 35.5. The lowest BCUT2D eigenvalue weighted by molar-refractivity contribution is -0.111. The van der Waals surface area contributed by atoms with Crippen molar-refractivity contribution in [3.8, 4) is 0 Å². The van der Waals surface area contributed by atoms with E-state index in [4.69, 9.17) is 23.2 Å². The highest BCUT2D eigenvalue weighted by molar-refractivity contribution is 6.42. The van der Waals surface area contributed by atoms with Crippen LogP contribution in [0, 0.1) is 6.92 Å². The first-order valence-electron chi connectivity index (χ1n) is 6.51. The summed E-state index contributed by atoms with van der Waals surface area (Å²) in [6.07, 6.45) is 2.39. The molecule has 0 atom stereocenters. The zero-order valence-electron chi connectivity index (χ0n) is 11.8. The molecule has 0 fully saturated rings. The lowest BCUT2D eigenvalue weighted by atomic mass is 10.1. The van der Waals surface area contributed by atoms with Gasteiger partial charge >= 0.3 is 0 Å². The predicted octanol–water partition coefficient (Wildman–Crippen LogP) is 4.68. The number of anilines is 1. The van der Waals surface area contributed by atoms with Gasteiger partial charge in [0, 0.05) is 17.3 Å². The van der Waals surface area contributed by atoms with Crippen molar-refractivity contribution in [2.45, 2.75) is 6.92 Å². The van der Waals surface area contributed by atoms with Crippen molar-refractivity contribution in [3.05, 3.63) is 75.8 Å². The number of para-hydroxylation sites is 1. The van der Waals surface area contributed by atoms with Gasteiger partial charge in [0.15, 0.2) is 5.78 Å². The molecule has 0 unspecified atom stereocenters. The first kappa shape index (κ1) is 16.3. The first-order valence-corrected chi connectivity index (χ1v) is 7.27. The summed E-state index contributed by atoms with van der Waals surface area (Å²) in [5.41, 5.74) is 2.02. The van der Waals surface area contributed by atoms with Crippen molar-refractivity contribution in [3.63, 3.8) is 0 Å². The Balaban J connectivity index is 2.04. The van der Waals surface area contributed by atoms with Gasteiger partial charge in [-0.2, -0.15) is 0 Å². The Morgan fingerprint density at radius 3 is 2.41 bits per heavy atom. The fourth-order valence-corrected chi connectivity index (χ4v) is 2.08. The molecule has 1 amide bonds. The molecule has 0 radical (unpaired) electrons. The van der Waals surface area contributed by atoms with Gasteiger partial charge < -0.3 is 5.32 Å². The molecular weight excluding hydrogens is 321 g/mol. The molecule has 0 aliphatic rings. The van der Waals surface area contributed by atoms with Crippen molar-refractivity contribution < 1.29 is 9.59 Å². The number of aryl methyl sites for hydroxylation is 1. The Kier molecular flexibility index (Phi) is 5.36. The van der Waals surface area contributed by atoms with E-state index in [0.29, 0.717) is 21.3 Å². The quantitative estimate of drug-likeness (QED) is 0.652. The van der Waals surface area contributed by atoms with Gasteiger partial charge in [0.25, 0.3) is 0 Å².